The normalized spacial score (nSPS) is 13.1. The molecule has 4 aromatic carbocycles. The average Bonchev–Trinajstić information content (AvgIpc) is 2.93. The number of halogens is 1. The van der Waals surface area contributed by atoms with Crippen molar-refractivity contribution in [3.05, 3.63) is 129 Å². The van der Waals surface area contributed by atoms with Crippen molar-refractivity contribution < 1.29 is 13.2 Å². The molecule has 37 heavy (non-hydrogen) atoms. The predicted octanol–water partition coefficient (Wildman–Crippen LogP) is 6.28. The van der Waals surface area contributed by atoms with Crippen molar-refractivity contribution >= 4 is 32.6 Å². The van der Waals surface area contributed by atoms with Gasteiger partial charge in [-0.25, -0.2) is 13.1 Å². The second-order valence-electron chi connectivity index (χ2n) is 8.76. The second-order valence-corrected chi connectivity index (χ2v) is 11.7. The smallest absolute Gasteiger partial charge is 0.241 e. The van der Waals surface area contributed by atoms with E-state index >= 15 is 0 Å². The maximum atomic E-state index is 13.5. The third-order valence-electron chi connectivity index (χ3n) is 6.22. The standard InChI is InChI=1S/C30H31IN2O3S/c1-36-27-18-14-23(15-19-27)9-8-22-32-29(24-10-4-2-5-11-24)30(25-12-6-3-7-13-25)33-37(34,35)28-20-16-26(31)17-21-28/h2-7,10-21,29-30,32-33H,8-9,22H2,1H3. The highest BCUT2D eigenvalue weighted by molar-refractivity contribution is 14.1. The molecule has 2 atom stereocenters. The molecule has 4 rings (SSSR count). The number of nitrogens with one attached hydrogen (secondary N) is 2. The first kappa shape index (κ1) is 27.3. The van der Waals surface area contributed by atoms with Crippen LogP contribution in [0.1, 0.15) is 35.2 Å². The van der Waals surface area contributed by atoms with E-state index in [-0.39, 0.29) is 10.9 Å². The Labute approximate surface area is 233 Å². The molecule has 0 bridgehead atoms. The van der Waals surface area contributed by atoms with Crippen LogP contribution in [0.5, 0.6) is 5.75 Å². The number of ether oxygens (including phenoxy) is 1. The number of sulfonamides is 1. The van der Waals surface area contributed by atoms with E-state index in [1.54, 1.807) is 31.4 Å². The highest BCUT2D eigenvalue weighted by Crippen LogP contribution is 2.31. The van der Waals surface area contributed by atoms with E-state index in [2.05, 4.69) is 44.8 Å². The van der Waals surface area contributed by atoms with Crippen LogP contribution >= 0.6 is 22.6 Å². The first-order valence-electron chi connectivity index (χ1n) is 12.2. The Morgan fingerprint density at radius 1 is 0.757 bits per heavy atom. The topological polar surface area (TPSA) is 67.4 Å². The lowest BCUT2D eigenvalue weighted by molar-refractivity contribution is 0.414. The van der Waals surface area contributed by atoms with Crippen LogP contribution in [0.3, 0.4) is 0 Å². The Hall–Kier alpha value is -2.72. The fourth-order valence-electron chi connectivity index (χ4n) is 4.27. The van der Waals surface area contributed by atoms with Crippen LogP contribution in [0.15, 0.2) is 114 Å². The van der Waals surface area contributed by atoms with Crippen molar-refractivity contribution in [3.63, 3.8) is 0 Å². The van der Waals surface area contributed by atoms with Crippen LogP contribution in [0.4, 0.5) is 0 Å². The zero-order chi connectivity index (χ0) is 26.1. The minimum absolute atomic E-state index is 0.250. The molecule has 192 valence electrons. The Kier molecular flexibility index (Phi) is 9.74. The van der Waals surface area contributed by atoms with Gasteiger partial charge in [0.25, 0.3) is 0 Å². The fraction of sp³-hybridized carbons (Fsp3) is 0.200. The van der Waals surface area contributed by atoms with Gasteiger partial charge in [0.15, 0.2) is 0 Å². The zero-order valence-electron chi connectivity index (χ0n) is 20.7. The van der Waals surface area contributed by atoms with Crippen LogP contribution in [0.25, 0.3) is 0 Å². The van der Waals surface area contributed by atoms with Gasteiger partial charge in [-0.1, -0.05) is 72.8 Å². The summed E-state index contributed by atoms with van der Waals surface area (Å²) in [5, 5.41) is 3.66. The van der Waals surface area contributed by atoms with Crippen LogP contribution in [0.2, 0.25) is 0 Å². The van der Waals surface area contributed by atoms with Gasteiger partial charge in [0.05, 0.1) is 24.1 Å². The van der Waals surface area contributed by atoms with Crippen LogP contribution in [-0.4, -0.2) is 22.1 Å². The molecular weight excluding hydrogens is 595 g/mol. The number of hydrogen-bond acceptors (Lipinski definition) is 4. The van der Waals surface area contributed by atoms with E-state index in [1.807, 2.05) is 72.8 Å². The van der Waals surface area contributed by atoms with Crippen LogP contribution < -0.4 is 14.8 Å². The van der Waals surface area contributed by atoms with Crippen molar-refractivity contribution in [2.24, 2.45) is 0 Å². The van der Waals surface area contributed by atoms with E-state index in [9.17, 15) is 8.42 Å². The molecule has 0 aliphatic carbocycles. The molecule has 0 radical (unpaired) electrons. The first-order valence-corrected chi connectivity index (χ1v) is 14.8. The summed E-state index contributed by atoms with van der Waals surface area (Å²) in [6, 6.07) is 34.0. The average molecular weight is 627 g/mol. The molecule has 0 aromatic heterocycles. The summed E-state index contributed by atoms with van der Waals surface area (Å²) < 4.78 is 36.2. The van der Waals surface area contributed by atoms with Gasteiger partial charge >= 0.3 is 0 Å². The van der Waals surface area contributed by atoms with Crippen LogP contribution in [-0.2, 0) is 16.4 Å². The minimum atomic E-state index is -3.76. The molecule has 2 N–H and O–H groups in total. The second kappa shape index (κ2) is 13.2. The molecular formula is C30H31IN2O3S. The largest absolute Gasteiger partial charge is 0.497 e. The highest BCUT2D eigenvalue weighted by atomic mass is 127. The molecule has 5 nitrogen and oxygen atoms in total. The van der Waals surface area contributed by atoms with Crippen molar-refractivity contribution in [2.75, 3.05) is 13.7 Å². The number of hydrogen-bond donors (Lipinski definition) is 2. The minimum Gasteiger partial charge on any atom is -0.497 e. The van der Waals surface area contributed by atoms with Crippen molar-refractivity contribution in [2.45, 2.75) is 29.8 Å². The van der Waals surface area contributed by atoms with E-state index in [0.29, 0.717) is 0 Å². The Bertz CT molecular complexity index is 1350. The number of aryl methyl sites for hydroxylation is 1. The number of methoxy groups -OCH3 is 1. The fourth-order valence-corrected chi connectivity index (χ4v) is 5.87. The van der Waals surface area contributed by atoms with Gasteiger partial charge in [-0.2, -0.15) is 0 Å². The quantitative estimate of drug-likeness (QED) is 0.144. The lowest BCUT2D eigenvalue weighted by Gasteiger charge is -2.30. The van der Waals surface area contributed by atoms with E-state index < -0.39 is 16.1 Å². The summed E-state index contributed by atoms with van der Waals surface area (Å²) in [5.41, 5.74) is 3.15. The first-order chi connectivity index (χ1) is 18.0. The third kappa shape index (κ3) is 7.64. The molecule has 0 aliphatic rings. The van der Waals surface area contributed by atoms with E-state index in [0.717, 1.165) is 39.8 Å². The molecule has 0 aliphatic heterocycles. The molecule has 0 fully saturated rings. The summed E-state index contributed by atoms with van der Waals surface area (Å²) in [7, 11) is -2.10. The zero-order valence-corrected chi connectivity index (χ0v) is 23.7. The third-order valence-corrected chi connectivity index (χ3v) is 8.40. The van der Waals surface area contributed by atoms with Gasteiger partial charge in [-0.15, -0.1) is 0 Å². The van der Waals surface area contributed by atoms with Gasteiger partial charge in [-0.3, -0.25) is 0 Å². The summed E-state index contributed by atoms with van der Waals surface area (Å²) in [5.74, 6) is 0.845. The van der Waals surface area contributed by atoms with E-state index in [1.165, 1.54) is 5.56 Å². The lowest BCUT2D eigenvalue weighted by Crippen LogP contribution is -2.39. The SMILES string of the molecule is COc1ccc(CCCNC(c2ccccc2)C(NS(=O)(=O)c2ccc(I)cc2)c2ccccc2)cc1. The monoisotopic (exact) mass is 626 g/mol. The molecule has 0 amide bonds. The summed E-state index contributed by atoms with van der Waals surface area (Å²) in [4.78, 5) is 0.250. The maximum absolute atomic E-state index is 13.5. The van der Waals surface area contributed by atoms with E-state index in [4.69, 9.17) is 4.74 Å². The number of rotatable bonds is 12. The summed E-state index contributed by atoms with van der Waals surface area (Å²) in [6.07, 6.45) is 1.81. The van der Waals surface area contributed by atoms with Gasteiger partial charge in [-0.05, 0) is 95.1 Å². The summed E-state index contributed by atoms with van der Waals surface area (Å²) in [6.45, 7) is 0.722. The Balaban J connectivity index is 1.58. The Morgan fingerprint density at radius 3 is 1.89 bits per heavy atom. The lowest BCUT2D eigenvalue weighted by atomic mass is 9.94. The maximum Gasteiger partial charge on any atom is 0.241 e. The van der Waals surface area contributed by atoms with Crippen molar-refractivity contribution in [1.82, 2.24) is 10.0 Å². The molecule has 0 saturated heterocycles. The Morgan fingerprint density at radius 2 is 1.32 bits per heavy atom. The molecule has 0 saturated carbocycles. The molecule has 2 unspecified atom stereocenters. The van der Waals surface area contributed by atoms with Gasteiger partial charge in [0, 0.05) is 3.57 Å². The highest BCUT2D eigenvalue weighted by Gasteiger charge is 2.29. The molecule has 4 aromatic rings. The van der Waals surface area contributed by atoms with Crippen molar-refractivity contribution in [1.29, 1.82) is 0 Å². The number of benzene rings is 4. The molecule has 0 spiro atoms. The summed E-state index contributed by atoms with van der Waals surface area (Å²) >= 11 is 2.17. The van der Waals surface area contributed by atoms with Gasteiger partial charge in [0.2, 0.25) is 10.0 Å². The molecule has 7 heteroatoms. The van der Waals surface area contributed by atoms with Gasteiger partial charge in [0.1, 0.15) is 5.75 Å². The van der Waals surface area contributed by atoms with Crippen molar-refractivity contribution in [3.8, 4) is 5.75 Å². The van der Waals surface area contributed by atoms with Gasteiger partial charge < -0.3 is 10.1 Å². The predicted molar refractivity (Wildman–Crippen MR) is 157 cm³/mol. The van der Waals surface area contributed by atoms with Crippen LogP contribution in [0, 0.1) is 3.57 Å². The molecule has 0 heterocycles.